The van der Waals surface area contributed by atoms with Gasteiger partial charge in [0.25, 0.3) is 0 Å². The number of aryl methyl sites for hydroxylation is 2. The van der Waals surface area contributed by atoms with E-state index in [9.17, 15) is 18.5 Å². The van der Waals surface area contributed by atoms with Crippen molar-refractivity contribution < 1.29 is 17.9 Å². The zero-order valence-corrected chi connectivity index (χ0v) is 14.6. The molecule has 3 heterocycles. The number of hydrogen-bond donors (Lipinski definition) is 0. The zero-order chi connectivity index (χ0) is 18.2. The van der Waals surface area contributed by atoms with Crippen LogP contribution >= 0.6 is 0 Å². The van der Waals surface area contributed by atoms with Crippen LogP contribution in [0.15, 0.2) is 16.9 Å². The van der Waals surface area contributed by atoms with Crippen LogP contribution in [0.1, 0.15) is 11.4 Å². The molecule has 1 saturated heterocycles. The number of rotatable bonds is 5. The van der Waals surface area contributed by atoms with E-state index in [0.717, 1.165) is 0 Å². The van der Waals surface area contributed by atoms with Crippen LogP contribution in [0.2, 0.25) is 0 Å². The van der Waals surface area contributed by atoms with Gasteiger partial charge in [0.15, 0.2) is 0 Å². The van der Waals surface area contributed by atoms with E-state index in [0.29, 0.717) is 30.3 Å². The number of anilines is 1. The maximum absolute atomic E-state index is 12.4. The monoisotopic (exact) mass is 370 g/mol. The molecule has 0 amide bonds. The topological polar surface area (TPSA) is 128 Å². The first-order chi connectivity index (χ1) is 11.8. The molecule has 0 aliphatic carbocycles. The highest BCUT2D eigenvalue weighted by atomic mass is 32.2. The Hall–Kier alpha value is -2.47. The molecule has 0 bridgehead atoms. The minimum absolute atomic E-state index is 0.0404. The van der Waals surface area contributed by atoms with Gasteiger partial charge in [-0.1, -0.05) is 5.16 Å². The lowest BCUT2D eigenvalue weighted by Gasteiger charge is -2.34. The summed E-state index contributed by atoms with van der Waals surface area (Å²) in [4.78, 5) is 12.6. The first kappa shape index (κ1) is 17.4. The summed E-state index contributed by atoms with van der Waals surface area (Å²) in [6.45, 7) is 2.75. The molecule has 0 saturated carbocycles. The summed E-state index contributed by atoms with van der Waals surface area (Å²) in [5.74, 6) is 0.171. The molecule has 25 heavy (non-hydrogen) atoms. The van der Waals surface area contributed by atoms with Crippen LogP contribution in [0.25, 0.3) is 0 Å². The van der Waals surface area contributed by atoms with Crippen molar-refractivity contribution in [2.24, 2.45) is 7.05 Å². The SMILES string of the molecule is Cc1nn(C)c(N2CCN(S(=O)(=O)Cc3ccon3)CC2)c1[N+](=O)[O-]. The zero-order valence-electron chi connectivity index (χ0n) is 13.8. The molecule has 0 spiro atoms. The number of piperazine rings is 1. The standard InChI is InChI=1S/C13H18N6O5S/c1-10-12(19(20)21)13(16(2)14-10)17-4-6-18(7-5-17)25(22,23)9-11-3-8-24-15-11/h3,8H,4-7,9H2,1-2H3. The van der Waals surface area contributed by atoms with Crippen molar-refractivity contribution in [1.82, 2.24) is 19.2 Å². The molecular formula is C13H18N6O5S. The summed E-state index contributed by atoms with van der Waals surface area (Å²) < 4.78 is 32.4. The molecule has 1 aliphatic rings. The van der Waals surface area contributed by atoms with Crippen LogP contribution in [-0.4, -0.2) is 58.8 Å². The summed E-state index contributed by atoms with van der Waals surface area (Å²) >= 11 is 0. The quantitative estimate of drug-likeness (QED) is 0.542. The fraction of sp³-hybridized carbons (Fsp3) is 0.538. The molecule has 1 fully saturated rings. The molecule has 12 heteroatoms. The summed E-state index contributed by atoms with van der Waals surface area (Å²) in [6, 6.07) is 1.51. The Bertz CT molecular complexity index is 867. The highest BCUT2D eigenvalue weighted by Gasteiger charge is 2.33. The Morgan fingerprint density at radius 2 is 2.00 bits per heavy atom. The molecule has 2 aromatic heterocycles. The van der Waals surface area contributed by atoms with Gasteiger partial charge >= 0.3 is 5.69 Å². The predicted molar refractivity (Wildman–Crippen MR) is 87.5 cm³/mol. The van der Waals surface area contributed by atoms with Crippen molar-refractivity contribution in [2.45, 2.75) is 12.7 Å². The molecule has 0 unspecified atom stereocenters. The Balaban J connectivity index is 1.73. The Morgan fingerprint density at radius 1 is 1.32 bits per heavy atom. The van der Waals surface area contributed by atoms with Crippen LogP contribution in [0, 0.1) is 17.0 Å². The van der Waals surface area contributed by atoms with Gasteiger partial charge in [0.1, 0.15) is 17.7 Å². The predicted octanol–water partition coefficient (Wildman–Crippen LogP) is 0.277. The molecule has 1 aliphatic heterocycles. The summed E-state index contributed by atoms with van der Waals surface area (Å²) in [5, 5.41) is 19.0. The Morgan fingerprint density at radius 3 is 2.56 bits per heavy atom. The molecule has 0 aromatic carbocycles. The van der Waals surface area contributed by atoms with Crippen LogP contribution < -0.4 is 4.90 Å². The second-order valence-corrected chi connectivity index (χ2v) is 7.74. The highest BCUT2D eigenvalue weighted by Crippen LogP contribution is 2.31. The lowest BCUT2D eigenvalue weighted by molar-refractivity contribution is -0.384. The van der Waals surface area contributed by atoms with Gasteiger partial charge in [0.2, 0.25) is 15.8 Å². The van der Waals surface area contributed by atoms with Crippen molar-refractivity contribution in [1.29, 1.82) is 0 Å². The molecule has 136 valence electrons. The molecule has 11 nitrogen and oxygen atoms in total. The van der Waals surface area contributed by atoms with Crippen LogP contribution in [0.3, 0.4) is 0 Å². The number of aromatic nitrogens is 3. The number of hydrogen-bond acceptors (Lipinski definition) is 8. The van der Waals surface area contributed by atoms with E-state index >= 15 is 0 Å². The van der Waals surface area contributed by atoms with Crippen LogP contribution in [-0.2, 0) is 22.8 Å². The van der Waals surface area contributed by atoms with E-state index in [2.05, 4.69) is 14.8 Å². The van der Waals surface area contributed by atoms with Gasteiger partial charge in [-0.05, 0) is 6.92 Å². The van der Waals surface area contributed by atoms with Gasteiger partial charge < -0.3 is 9.42 Å². The molecule has 3 rings (SSSR count). The van der Waals surface area contributed by atoms with Gasteiger partial charge in [-0.25, -0.2) is 13.1 Å². The average Bonchev–Trinajstić information content (AvgIpc) is 3.14. The van der Waals surface area contributed by atoms with Crippen molar-refractivity contribution in [3.63, 3.8) is 0 Å². The second-order valence-electron chi connectivity index (χ2n) is 5.77. The molecule has 0 N–H and O–H groups in total. The van der Waals surface area contributed by atoms with Crippen molar-refractivity contribution >= 4 is 21.5 Å². The number of nitrogens with zero attached hydrogens (tertiary/aromatic N) is 6. The molecule has 0 atom stereocenters. The lowest BCUT2D eigenvalue weighted by atomic mass is 10.3. The normalized spacial score (nSPS) is 16.3. The van der Waals surface area contributed by atoms with E-state index in [1.54, 1.807) is 18.9 Å². The van der Waals surface area contributed by atoms with Crippen LogP contribution in [0.4, 0.5) is 11.5 Å². The van der Waals surface area contributed by atoms with Crippen molar-refractivity contribution in [3.05, 3.63) is 33.8 Å². The van der Waals surface area contributed by atoms with Crippen molar-refractivity contribution in [2.75, 3.05) is 31.1 Å². The van der Waals surface area contributed by atoms with E-state index in [1.807, 2.05) is 0 Å². The third kappa shape index (κ3) is 3.35. The summed E-state index contributed by atoms with van der Waals surface area (Å²) in [6.07, 6.45) is 1.33. The van der Waals surface area contributed by atoms with E-state index < -0.39 is 14.9 Å². The minimum atomic E-state index is -3.52. The number of sulfonamides is 1. The van der Waals surface area contributed by atoms with Gasteiger partial charge in [-0.15, -0.1) is 0 Å². The molecular weight excluding hydrogens is 352 g/mol. The third-order valence-electron chi connectivity index (χ3n) is 4.10. The fourth-order valence-corrected chi connectivity index (χ4v) is 4.40. The molecule has 2 aromatic rings. The Labute approximate surface area is 144 Å². The maximum atomic E-state index is 12.4. The molecule has 0 radical (unpaired) electrons. The van der Waals surface area contributed by atoms with E-state index in [4.69, 9.17) is 0 Å². The first-order valence-corrected chi connectivity index (χ1v) is 9.20. The minimum Gasteiger partial charge on any atom is -0.364 e. The second kappa shape index (κ2) is 6.44. The Kier molecular flexibility index (Phi) is 4.47. The fourth-order valence-electron chi connectivity index (χ4n) is 2.97. The summed E-state index contributed by atoms with van der Waals surface area (Å²) in [7, 11) is -1.87. The van der Waals surface area contributed by atoms with Gasteiger partial charge in [0, 0.05) is 39.3 Å². The van der Waals surface area contributed by atoms with Gasteiger partial charge in [-0.3, -0.25) is 10.1 Å². The summed E-state index contributed by atoms with van der Waals surface area (Å²) in [5.41, 5.74) is 0.644. The maximum Gasteiger partial charge on any atom is 0.333 e. The van der Waals surface area contributed by atoms with E-state index in [1.165, 1.54) is 21.3 Å². The van der Waals surface area contributed by atoms with Gasteiger partial charge in [0.05, 0.1) is 10.6 Å². The third-order valence-corrected chi connectivity index (χ3v) is 5.91. The van der Waals surface area contributed by atoms with E-state index in [-0.39, 0.29) is 24.5 Å². The number of nitro groups is 1. The van der Waals surface area contributed by atoms with Gasteiger partial charge in [-0.2, -0.15) is 9.40 Å². The lowest BCUT2D eigenvalue weighted by Crippen LogP contribution is -2.49. The first-order valence-electron chi connectivity index (χ1n) is 7.59. The average molecular weight is 370 g/mol. The largest absolute Gasteiger partial charge is 0.364 e. The highest BCUT2D eigenvalue weighted by molar-refractivity contribution is 7.88. The smallest absolute Gasteiger partial charge is 0.333 e. The van der Waals surface area contributed by atoms with Crippen molar-refractivity contribution in [3.8, 4) is 0 Å². The van der Waals surface area contributed by atoms with Crippen LogP contribution in [0.5, 0.6) is 0 Å².